The van der Waals surface area contributed by atoms with Gasteiger partial charge in [-0.05, 0) is 30.7 Å². The van der Waals surface area contributed by atoms with Crippen LogP contribution in [-0.2, 0) is 17.9 Å². The second-order valence-electron chi connectivity index (χ2n) is 6.42. The Morgan fingerprint density at radius 3 is 2.85 bits per heavy atom. The number of aryl methyl sites for hydroxylation is 2. The van der Waals surface area contributed by atoms with Gasteiger partial charge in [0.25, 0.3) is 0 Å². The largest absolute Gasteiger partial charge is 0.356 e. The number of carbonyl (C=O) groups excluding carboxylic acids is 1. The number of fused-ring (bicyclic) bond motifs is 2. The summed E-state index contributed by atoms with van der Waals surface area (Å²) in [5, 5.41) is 8.89. The molecule has 0 fully saturated rings. The number of nitrogens with one attached hydrogen (secondary N) is 1. The van der Waals surface area contributed by atoms with Crippen LogP contribution in [-0.4, -0.2) is 31.8 Å². The van der Waals surface area contributed by atoms with Crippen molar-refractivity contribution in [2.24, 2.45) is 0 Å². The van der Waals surface area contributed by atoms with Crippen molar-refractivity contribution in [3.63, 3.8) is 0 Å². The van der Waals surface area contributed by atoms with Crippen LogP contribution in [0, 0.1) is 0 Å². The first-order valence-corrected chi connectivity index (χ1v) is 9.37. The molecule has 0 spiro atoms. The Hall–Kier alpha value is -2.86. The Bertz CT molecular complexity index is 1080. The van der Waals surface area contributed by atoms with Crippen molar-refractivity contribution in [1.29, 1.82) is 0 Å². The zero-order valence-corrected chi connectivity index (χ0v) is 15.6. The molecule has 0 atom stereocenters. The average Bonchev–Trinajstić information content (AvgIpc) is 3.29. The summed E-state index contributed by atoms with van der Waals surface area (Å²) in [6, 6.07) is 13.7. The fourth-order valence-corrected chi connectivity index (χ4v) is 3.43. The molecule has 0 saturated carbocycles. The van der Waals surface area contributed by atoms with Crippen LogP contribution >= 0.6 is 11.6 Å². The predicted molar refractivity (Wildman–Crippen MR) is 107 cm³/mol. The molecule has 6 nitrogen and oxygen atoms in total. The zero-order chi connectivity index (χ0) is 18.6. The van der Waals surface area contributed by atoms with Gasteiger partial charge in [0.2, 0.25) is 5.91 Å². The van der Waals surface area contributed by atoms with Crippen molar-refractivity contribution in [1.82, 2.24) is 24.6 Å². The molecule has 0 bridgehead atoms. The van der Waals surface area contributed by atoms with Crippen molar-refractivity contribution in [2.45, 2.75) is 25.9 Å². The number of hydrogen-bond donors (Lipinski definition) is 1. The lowest BCUT2D eigenvalue weighted by molar-refractivity contribution is -0.121. The Kier molecular flexibility index (Phi) is 5.07. The highest BCUT2D eigenvalue weighted by atomic mass is 35.5. The molecule has 4 aromatic rings. The summed E-state index contributed by atoms with van der Waals surface area (Å²) in [4.78, 5) is 16.5. The molecule has 2 aromatic heterocycles. The van der Waals surface area contributed by atoms with Crippen LogP contribution in [0.4, 0.5) is 0 Å². The lowest BCUT2D eigenvalue weighted by atomic mass is 10.2. The van der Waals surface area contributed by atoms with Crippen molar-refractivity contribution < 1.29 is 4.79 Å². The summed E-state index contributed by atoms with van der Waals surface area (Å²) < 4.78 is 3.93. The second kappa shape index (κ2) is 7.80. The van der Waals surface area contributed by atoms with Crippen LogP contribution in [0.2, 0.25) is 5.02 Å². The molecule has 2 heterocycles. The van der Waals surface area contributed by atoms with E-state index in [0.717, 1.165) is 34.9 Å². The highest BCUT2D eigenvalue weighted by Crippen LogP contribution is 2.22. The number of rotatable bonds is 7. The third-order valence-corrected chi connectivity index (χ3v) is 4.94. The van der Waals surface area contributed by atoms with Gasteiger partial charge in [-0.25, -0.2) is 4.98 Å². The summed E-state index contributed by atoms with van der Waals surface area (Å²) in [6.45, 7) is 1.99. The Labute approximate surface area is 161 Å². The standard InChI is InChI=1S/C20H20ClN5O/c21-16-5-3-8-18-15(16)13-24-26(18)12-9-20(27)22-10-4-11-25-14-23-17-6-1-2-7-19(17)25/h1-3,5-8,13-14H,4,9-12H2,(H,22,27). The molecule has 0 unspecified atom stereocenters. The van der Waals surface area contributed by atoms with Crippen LogP contribution in [0.3, 0.4) is 0 Å². The third-order valence-electron chi connectivity index (χ3n) is 4.61. The summed E-state index contributed by atoms with van der Waals surface area (Å²) in [6.07, 6.45) is 4.83. The monoisotopic (exact) mass is 381 g/mol. The molecular weight excluding hydrogens is 362 g/mol. The van der Waals surface area contributed by atoms with E-state index in [4.69, 9.17) is 11.6 Å². The first-order valence-electron chi connectivity index (χ1n) is 8.99. The van der Waals surface area contributed by atoms with E-state index >= 15 is 0 Å². The van der Waals surface area contributed by atoms with E-state index in [9.17, 15) is 4.79 Å². The molecule has 0 aliphatic heterocycles. The summed E-state index contributed by atoms with van der Waals surface area (Å²) in [5.74, 6) is 0.0242. The highest BCUT2D eigenvalue weighted by Gasteiger charge is 2.08. The van der Waals surface area contributed by atoms with Gasteiger partial charge in [0, 0.05) is 24.9 Å². The molecule has 27 heavy (non-hydrogen) atoms. The van der Waals surface area contributed by atoms with Crippen molar-refractivity contribution in [2.75, 3.05) is 6.54 Å². The zero-order valence-electron chi connectivity index (χ0n) is 14.8. The van der Waals surface area contributed by atoms with Crippen molar-refractivity contribution in [3.05, 3.63) is 60.0 Å². The number of amides is 1. The van der Waals surface area contributed by atoms with Gasteiger partial charge in [0.05, 0.1) is 40.6 Å². The molecule has 1 amide bonds. The van der Waals surface area contributed by atoms with E-state index in [-0.39, 0.29) is 5.91 Å². The number of para-hydroxylation sites is 2. The van der Waals surface area contributed by atoms with Crippen molar-refractivity contribution in [3.8, 4) is 0 Å². The molecule has 0 aliphatic rings. The maximum Gasteiger partial charge on any atom is 0.221 e. The number of nitrogens with zero attached hydrogens (tertiary/aromatic N) is 4. The normalized spacial score (nSPS) is 11.3. The number of hydrogen-bond acceptors (Lipinski definition) is 3. The Morgan fingerprint density at radius 1 is 1.07 bits per heavy atom. The van der Waals surface area contributed by atoms with E-state index < -0.39 is 0 Å². The molecule has 4 rings (SSSR count). The molecule has 0 saturated heterocycles. The van der Waals surface area contributed by atoms with Crippen LogP contribution in [0.25, 0.3) is 21.9 Å². The lowest BCUT2D eigenvalue weighted by Gasteiger charge is -2.07. The number of imidazole rings is 1. The van der Waals surface area contributed by atoms with Gasteiger partial charge in [-0.3, -0.25) is 9.48 Å². The van der Waals surface area contributed by atoms with E-state index in [0.29, 0.717) is 24.5 Å². The van der Waals surface area contributed by atoms with Crippen LogP contribution in [0.15, 0.2) is 55.0 Å². The number of benzene rings is 2. The molecule has 2 aromatic carbocycles. The van der Waals surface area contributed by atoms with Gasteiger partial charge in [0.15, 0.2) is 0 Å². The summed E-state index contributed by atoms with van der Waals surface area (Å²) in [5.41, 5.74) is 3.06. The second-order valence-corrected chi connectivity index (χ2v) is 6.83. The average molecular weight is 382 g/mol. The Balaban J connectivity index is 1.24. The minimum atomic E-state index is 0.0242. The van der Waals surface area contributed by atoms with Crippen LogP contribution in [0.1, 0.15) is 12.8 Å². The minimum absolute atomic E-state index is 0.0242. The SMILES string of the molecule is O=C(CCn1ncc2c(Cl)cccc21)NCCCn1cnc2ccccc21. The number of aromatic nitrogens is 4. The van der Waals surface area contributed by atoms with E-state index in [1.165, 1.54) is 0 Å². The minimum Gasteiger partial charge on any atom is -0.356 e. The van der Waals surface area contributed by atoms with Crippen molar-refractivity contribution >= 4 is 39.4 Å². The quantitative estimate of drug-likeness (QED) is 0.497. The van der Waals surface area contributed by atoms with Gasteiger partial charge >= 0.3 is 0 Å². The first-order chi connectivity index (χ1) is 13.2. The third kappa shape index (κ3) is 3.80. The molecule has 0 radical (unpaired) electrons. The topological polar surface area (TPSA) is 64.7 Å². The fraction of sp³-hybridized carbons (Fsp3) is 0.250. The fourth-order valence-electron chi connectivity index (χ4n) is 3.21. The van der Waals surface area contributed by atoms with Gasteiger partial charge in [0.1, 0.15) is 0 Å². The van der Waals surface area contributed by atoms with Gasteiger partial charge < -0.3 is 9.88 Å². The molecule has 1 N–H and O–H groups in total. The predicted octanol–water partition coefficient (Wildman–Crippen LogP) is 3.64. The molecule has 0 aliphatic carbocycles. The van der Waals surface area contributed by atoms with E-state index in [1.54, 1.807) is 6.20 Å². The van der Waals surface area contributed by atoms with Gasteiger partial charge in [-0.1, -0.05) is 29.8 Å². The number of halogens is 1. The molecule has 7 heteroatoms. The van der Waals surface area contributed by atoms with Crippen LogP contribution in [0.5, 0.6) is 0 Å². The summed E-state index contributed by atoms with van der Waals surface area (Å²) in [7, 11) is 0. The van der Waals surface area contributed by atoms with Gasteiger partial charge in [-0.15, -0.1) is 0 Å². The highest BCUT2D eigenvalue weighted by molar-refractivity contribution is 6.35. The summed E-state index contributed by atoms with van der Waals surface area (Å²) >= 11 is 6.16. The molecular formula is C20H20ClN5O. The Morgan fingerprint density at radius 2 is 1.93 bits per heavy atom. The maximum atomic E-state index is 12.1. The van der Waals surface area contributed by atoms with Gasteiger partial charge in [-0.2, -0.15) is 5.10 Å². The maximum absolute atomic E-state index is 12.1. The lowest BCUT2D eigenvalue weighted by Crippen LogP contribution is -2.26. The number of carbonyl (C=O) groups is 1. The van der Waals surface area contributed by atoms with E-state index in [1.807, 2.05) is 47.4 Å². The molecule has 138 valence electrons. The van der Waals surface area contributed by atoms with Crippen LogP contribution < -0.4 is 5.32 Å². The first kappa shape index (κ1) is 17.5. The smallest absolute Gasteiger partial charge is 0.221 e. The van der Waals surface area contributed by atoms with E-state index in [2.05, 4.69) is 26.0 Å².